The molecule has 0 bridgehead atoms. The van der Waals surface area contributed by atoms with Crippen molar-refractivity contribution in [3.05, 3.63) is 54.1 Å². The summed E-state index contributed by atoms with van der Waals surface area (Å²) in [6.07, 6.45) is 1.06. The SMILES string of the molecule is CC(NS(=O)(=O)c1ccc(SC(F)(F)F)cc1)c1ccc(S(C)(=O)=O)cc1. The van der Waals surface area contributed by atoms with Crippen molar-refractivity contribution in [1.29, 1.82) is 0 Å². The molecule has 0 fully saturated rings. The smallest absolute Gasteiger partial charge is 0.224 e. The van der Waals surface area contributed by atoms with Gasteiger partial charge in [0.1, 0.15) is 0 Å². The molecular formula is C16H16F3NO4S3. The van der Waals surface area contributed by atoms with Gasteiger partial charge in [-0.2, -0.15) is 13.2 Å². The van der Waals surface area contributed by atoms with Crippen molar-refractivity contribution in [2.75, 3.05) is 6.26 Å². The van der Waals surface area contributed by atoms with Gasteiger partial charge in [0.15, 0.2) is 9.84 Å². The van der Waals surface area contributed by atoms with E-state index >= 15 is 0 Å². The van der Waals surface area contributed by atoms with E-state index in [1.807, 2.05) is 0 Å². The first-order chi connectivity index (χ1) is 12.3. The summed E-state index contributed by atoms with van der Waals surface area (Å²) >= 11 is -0.330. The van der Waals surface area contributed by atoms with Gasteiger partial charge in [0.25, 0.3) is 0 Å². The van der Waals surface area contributed by atoms with Crippen LogP contribution in [-0.2, 0) is 19.9 Å². The molecule has 0 radical (unpaired) electrons. The minimum atomic E-state index is -4.45. The average Bonchev–Trinajstić information content (AvgIpc) is 2.52. The molecule has 0 heterocycles. The molecule has 27 heavy (non-hydrogen) atoms. The summed E-state index contributed by atoms with van der Waals surface area (Å²) < 4.78 is 87.1. The Balaban J connectivity index is 2.15. The molecule has 148 valence electrons. The van der Waals surface area contributed by atoms with Gasteiger partial charge in [-0.3, -0.25) is 0 Å². The average molecular weight is 440 g/mol. The fraction of sp³-hybridized carbons (Fsp3) is 0.250. The molecule has 2 aromatic rings. The zero-order valence-corrected chi connectivity index (χ0v) is 16.6. The lowest BCUT2D eigenvalue weighted by Gasteiger charge is -2.15. The van der Waals surface area contributed by atoms with Crippen molar-refractivity contribution in [2.24, 2.45) is 0 Å². The van der Waals surface area contributed by atoms with E-state index in [0.29, 0.717) is 5.56 Å². The first-order valence-corrected chi connectivity index (χ1v) is 11.7. The maximum Gasteiger partial charge on any atom is 0.446 e. The summed E-state index contributed by atoms with van der Waals surface area (Å²) in [6, 6.07) is 9.41. The molecule has 0 aromatic heterocycles. The normalized spacial score (nSPS) is 14.1. The van der Waals surface area contributed by atoms with E-state index in [2.05, 4.69) is 4.72 Å². The Hall–Kier alpha value is -1.56. The van der Waals surface area contributed by atoms with Crippen molar-refractivity contribution in [1.82, 2.24) is 4.72 Å². The van der Waals surface area contributed by atoms with Crippen LogP contribution in [0.25, 0.3) is 0 Å². The number of hydrogen-bond acceptors (Lipinski definition) is 5. The summed E-state index contributed by atoms with van der Waals surface area (Å²) in [5.74, 6) is 0. The second-order valence-corrected chi connectivity index (χ2v) is 10.6. The lowest BCUT2D eigenvalue weighted by Crippen LogP contribution is -2.26. The van der Waals surface area contributed by atoms with E-state index in [1.165, 1.54) is 24.3 Å². The summed E-state index contributed by atoms with van der Waals surface area (Å²) in [6.45, 7) is 1.57. The fourth-order valence-corrected chi connectivity index (χ4v) is 4.59. The van der Waals surface area contributed by atoms with Gasteiger partial charge in [-0.05, 0) is 60.6 Å². The third-order valence-electron chi connectivity index (χ3n) is 3.51. The van der Waals surface area contributed by atoms with E-state index < -0.39 is 31.4 Å². The Morgan fingerprint density at radius 2 is 1.37 bits per heavy atom. The van der Waals surface area contributed by atoms with Gasteiger partial charge in [-0.25, -0.2) is 21.6 Å². The second-order valence-electron chi connectivity index (χ2n) is 5.70. The predicted molar refractivity (Wildman–Crippen MR) is 96.6 cm³/mol. The van der Waals surface area contributed by atoms with E-state index in [0.717, 1.165) is 30.5 Å². The molecule has 0 saturated carbocycles. The number of sulfonamides is 1. The highest BCUT2D eigenvalue weighted by Crippen LogP contribution is 2.37. The van der Waals surface area contributed by atoms with Crippen LogP contribution in [-0.4, -0.2) is 28.6 Å². The molecule has 2 aromatic carbocycles. The van der Waals surface area contributed by atoms with Crippen molar-refractivity contribution in [3.63, 3.8) is 0 Å². The molecule has 0 amide bonds. The molecule has 11 heteroatoms. The molecular weight excluding hydrogens is 423 g/mol. The van der Waals surface area contributed by atoms with Crippen LogP contribution < -0.4 is 4.72 Å². The van der Waals surface area contributed by atoms with Crippen LogP contribution >= 0.6 is 11.8 Å². The van der Waals surface area contributed by atoms with E-state index in [1.54, 1.807) is 6.92 Å². The Labute approximate surface area is 160 Å². The number of rotatable bonds is 6. The first kappa shape index (κ1) is 21.7. The highest BCUT2D eigenvalue weighted by atomic mass is 32.2. The Bertz CT molecular complexity index is 1000. The molecule has 0 spiro atoms. The number of benzene rings is 2. The third kappa shape index (κ3) is 6.23. The number of sulfone groups is 1. The topological polar surface area (TPSA) is 80.3 Å². The molecule has 2 rings (SSSR count). The number of alkyl halides is 3. The van der Waals surface area contributed by atoms with Gasteiger partial charge in [0.05, 0.1) is 9.79 Å². The van der Waals surface area contributed by atoms with Crippen LogP contribution in [0.4, 0.5) is 13.2 Å². The van der Waals surface area contributed by atoms with Crippen LogP contribution in [0.5, 0.6) is 0 Å². The molecule has 1 unspecified atom stereocenters. The van der Waals surface area contributed by atoms with E-state index in [4.69, 9.17) is 0 Å². The zero-order chi connectivity index (χ0) is 20.5. The van der Waals surface area contributed by atoms with Gasteiger partial charge in [-0.15, -0.1) is 0 Å². The second kappa shape index (κ2) is 7.82. The number of hydrogen-bond donors (Lipinski definition) is 1. The van der Waals surface area contributed by atoms with Gasteiger partial charge < -0.3 is 0 Å². The lowest BCUT2D eigenvalue weighted by atomic mass is 10.1. The standard InChI is InChI=1S/C16H16F3NO4S3/c1-11(12-3-7-14(8-4-12)26(2,21)22)20-27(23,24)15-9-5-13(6-10-15)25-16(17,18)19/h3-11,20H,1-2H3. The van der Waals surface area contributed by atoms with Gasteiger partial charge >= 0.3 is 5.51 Å². The van der Waals surface area contributed by atoms with E-state index in [9.17, 15) is 30.0 Å². The summed E-state index contributed by atoms with van der Waals surface area (Å²) in [5, 5.41) is 0. The van der Waals surface area contributed by atoms with Crippen molar-refractivity contribution >= 4 is 31.6 Å². The summed E-state index contributed by atoms with van der Waals surface area (Å²) in [7, 11) is -7.33. The first-order valence-electron chi connectivity index (χ1n) is 7.46. The van der Waals surface area contributed by atoms with Crippen LogP contribution in [0.3, 0.4) is 0 Å². The minimum Gasteiger partial charge on any atom is -0.224 e. The predicted octanol–water partition coefficient (Wildman–Crippen LogP) is 3.74. The monoisotopic (exact) mass is 439 g/mol. The van der Waals surface area contributed by atoms with Crippen molar-refractivity contribution < 1.29 is 30.0 Å². The Morgan fingerprint density at radius 3 is 1.81 bits per heavy atom. The van der Waals surface area contributed by atoms with Gasteiger partial charge in [0.2, 0.25) is 10.0 Å². The quantitative estimate of drug-likeness (QED) is 0.694. The van der Waals surface area contributed by atoms with Gasteiger partial charge in [-0.1, -0.05) is 12.1 Å². The molecule has 1 atom stereocenters. The van der Waals surface area contributed by atoms with Crippen LogP contribution in [0.1, 0.15) is 18.5 Å². The Morgan fingerprint density at radius 1 is 0.889 bits per heavy atom. The van der Waals surface area contributed by atoms with Crippen LogP contribution in [0.2, 0.25) is 0 Å². The summed E-state index contributed by atoms with van der Waals surface area (Å²) in [5.41, 5.74) is -3.92. The number of thioether (sulfide) groups is 1. The van der Waals surface area contributed by atoms with Crippen molar-refractivity contribution in [3.8, 4) is 0 Å². The third-order valence-corrected chi connectivity index (χ3v) is 6.93. The lowest BCUT2D eigenvalue weighted by molar-refractivity contribution is -0.0328. The van der Waals surface area contributed by atoms with Crippen molar-refractivity contribution in [2.45, 2.75) is 33.2 Å². The van der Waals surface area contributed by atoms with Gasteiger partial charge in [0, 0.05) is 17.2 Å². The largest absolute Gasteiger partial charge is 0.446 e. The molecule has 0 aliphatic heterocycles. The zero-order valence-electron chi connectivity index (χ0n) is 14.2. The summed E-state index contributed by atoms with van der Waals surface area (Å²) in [4.78, 5) is -0.182. The molecule has 1 N–H and O–H groups in total. The minimum absolute atomic E-state index is 0.110. The number of halogens is 3. The molecule has 0 aliphatic carbocycles. The Kier molecular flexibility index (Phi) is 6.30. The number of nitrogens with one attached hydrogen (secondary N) is 1. The van der Waals surface area contributed by atoms with Crippen LogP contribution in [0, 0.1) is 0 Å². The molecule has 5 nitrogen and oxygen atoms in total. The van der Waals surface area contributed by atoms with Crippen LogP contribution in [0.15, 0.2) is 63.2 Å². The highest BCUT2D eigenvalue weighted by molar-refractivity contribution is 8.00. The molecule has 0 saturated heterocycles. The maximum absolute atomic E-state index is 12.4. The fourth-order valence-electron chi connectivity index (χ4n) is 2.19. The molecule has 0 aliphatic rings. The maximum atomic E-state index is 12.4. The van der Waals surface area contributed by atoms with E-state index in [-0.39, 0.29) is 26.4 Å². The highest BCUT2D eigenvalue weighted by Gasteiger charge is 2.29.